The summed E-state index contributed by atoms with van der Waals surface area (Å²) in [5, 5.41) is 32.5. The fourth-order valence-corrected chi connectivity index (χ4v) is 2.84. The largest absolute Gasteiger partial charge is 0.507 e. The van der Waals surface area contributed by atoms with Crippen LogP contribution in [0.4, 0.5) is 11.4 Å². The van der Waals surface area contributed by atoms with E-state index in [-0.39, 0.29) is 22.7 Å². The van der Waals surface area contributed by atoms with E-state index >= 15 is 0 Å². The summed E-state index contributed by atoms with van der Waals surface area (Å²) in [7, 11) is 0. The Morgan fingerprint density at radius 1 is 1.14 bits per heavy atom. The molecular formula is C13H8Br2N2O5. The molecule has 0 aliphatic rings. The maximum absolute atomic E-state index is 12.1. The Morgan fingerprint density at radius 3 is 2.27 bits per heavy atom. The van der Waals surface area contributed by atoms with Gasteiger partial charge in [-0.1, -0.05) is 0 Å². The van der Waals surface area contributed by atoms with Crippen LogP contribution >= 0.6 is 31.9 Å². The fraction of sp³-hybridized carbons (Fsp3) is 0. The number of benzene rings is 2. The predicted molar refractivity (Wildman–Crippen MR) is 86.2 cm³/mol. The Labute approximate surface area is 141 Å². The van der Waals surface area contributed by atoms with Gasteiger partial charge in [-0.15, -0.1) is 0 Å². The summed E-state index contributed by atoms with van der Waals surface area (Å²) in [5.74, 6) is -1.12. The van der Waals surface area contributed by atoms with Gasteiger partial charge < -0.3 is 15.5 Å². The molecule has 7 nitrogen and oxygen atoms in total. The molecule has 0 saturated heterocycles. The van der Waals surface area contributed by atoms with Crippen molar-refractivity contribution in [1.82, 2.24) is 0 Å². The molecule has 1 amide bonds. The van der Waals surface area contributed by atoms with E-state index in [4.69, 9.17) is 0 Å². The first kappa shape index (κ1) is 16.2. The van der Waals surface area contributed by atoms with E-state index in [1.807, 2.05) is 0 Å². The average Bonchev–Trinajstić information content (AvgIpc) is 2.44. The maximum Gasteiger partial charge on any atom is 0.270 e. The molecule has 2 rings (SSSR count). The summed E-state index contributed by atoms with van der Waals surface area (Å²) < 4.78 is 0.695. The van der Waals surface area contributed by atoms with Crippen LogP contribution in [-0.4, -0.2) is 21.0 Å². The topological polar surface area (TPSA) is 113 Å². The number of hydrogen-bond acceptors (Lipinski definition) is 5. The number of phenolic OH excluding ortho intramolecular Hbond substituents is 2. The molecule has 0 bridgehead atoms. The first-order valence-corrected chi connectivity index (χ1v) is 7.35. The lowest BCUT2D eigenvalue weighted by Gasteiger charge is -2.09. The first-order valence-electron chi connectivity index (χ1n) is 5.76. The molecule has 0 aliphatic carbocycles. The number of rotatable bonds is 3. The van der Waals surface area contributed by atoms with Crippen molar-refractivity contribution in [3.8, 4) is 11.5 Å². The predicted octanol–water partition coefficient (Wildman–Crippen LogP) is 3.78. The monoisotopic (exact) mass is 430 g/mol. The number of amides is 1. The van der Waals surface area contributed by atoms with E-state index in [0.717, 1.165) is 18.2 Å². The van der Waals surface area contributed by atoms with Crippen LogP contribution < -0.4 is 5.32 Å². The normalized spacial score (nSPS) is 10.3. The Balaban J connectivity index is 2.33. The fourth-order valence-electron chi connectivity index (χ4n) is 1.66. The summed E-state index contributed by atoms with van der Waals surface area (Å²) >= 11 is 6.24. The Morgan fingerprint density at radius 2 is 1.73 bits per heavy atom. The smallest absolute Gasteiger partial charge is 0.270 e. The molecule has 22 heavy (non-hydrogen) atoms. The molecule has 0 heterocycles. The number of nitro benzene ring substituents is 1. The van der Waals surface area contributed by atoms with Crippen molar-refractivity contribution in [2.24, 2.45) is 0 Å². The van der Waals surface area contributed by atoms with Crippen LogP contribution in [0.25, 0.3) is 0 Å². The molecule has 0 unspecified atom stereocenters. The average molecular weight is 432 g/mol. The van der Waals surface area contributed by atoms with Gasteiger partial charge in [0.2, 0.25) is 0 Å². The number of hydrogen-bond donors (Lipinski definition) is 3. The van der Waals surface area contributed by atoms with Gasteiger partial charge in [0.15, 0.2) is 0 Å². The second-order valence-corrected chi connectivity index (χ2v) is 5.91. The maximum atomic E-state index is 12.1. The number of nitrogens with zero attached hydrogens (tertiary/aromatic N) is 1. The van der Waals surface area contributed by atoms with Crippen molar-refractivity contribution in [3.05, 3.63) is 55.0 Å². The van der Waals surface area contributed by atoms with E-state index in [1.54, 1.807) is 0 Å². The van der Waals surface area contributed by atoms with Gasteiger partial charge >= 0.3 is 0 Å². The standard InChI is InChI=1S/C13H8Br2N2O5/c14-9-3-6(4-10(15)12(9)19)16-13(20)8-5-7(17(21)22)1-2-11(8)18/h1-5,18-19H,(H,16,20). The molecule has 2 aromatic rings. The molecule has 0 aromatic heterocycles. The van der Waals surface area contributed by atoms with Crippen molar-refractivity contribution in [2.75, 3.05) is 5.32 Å². The zero-order valence-electron chi connectivity index (χ0n) is 10.7. The Hall–Kier alpha value is -2.13. The highest BCUT2D eigenvalue weighted by molar-refractivity contribution is 9.11. The van der Waals surface area contributed by atoms with Crippen LogP contribution in [0.3, 0.4) is 0 Å². The molecule has 0 spiro atoms. The van der Waals surface area contributed by atoms with Gasteiger partial charge in [0, 0.05) is 17.8 Å². The van der Waals surface area contributed by atoms with Crippen molar-refractivity contribution in [2.45, 2.75) is 0 Å². The third-order valence-electron chi connectivity index (χ3n) is 2.71. The number of halogens is 2. The molecule has 3 N–H and O–H groups in total. The number of nitro groups is 1. The van der Waals surface area contributed by atoms with Gasteiger partial charge in [-0.25, -0.2) is 0 Å². The SMILES string of the molecule is O=C(Nc1cc(Br)c(O)c(Br)c1)c1cc([N+](=O)[O-])ccc1O. The summed E-state index contributed by atoms with van der Waals surface area (Å²) in [6.07, 6.45) is 0. The summed E-state index contributed by atoms with van der Waals surface area (Å²) in [5.41, 5.74) is -0.210. The van der Waals surface area contributed by atoms with E-state index in [9.17, 15) is 25.1 Å². The molecule has 9 heteroatoms. The van der Waals surface area contributed by atoms with Crippen LogP contribution in [0.15, 0.2) is 39.3 Å². The Kier molecular flexibility index (Phi) is 4.67. The van der Waals surface area contributed by atoms with Gasteiger partial charge in [0.25, 0.3) is 11.6 Å². The lowest BCUT2D eigenvalue weighted by molar-refractivity contribution is -0.384. The molecule has 0 aliphatic heterocycles. The van der Waals surface area contributed by atoms with E-state index in [1.165, 1.54) is 12.1 Å². The number of aromatic hydroxyl groups is 2. The van der Waals surface area contributed by atoms with Crippen molar-refractivity contribution in [3.63, 3.8) is 0 Å². The van der Waals surface area contributed by atoms with Crippen LogP contribution in [0, 0.1) is 10.1 Å². The van der Waals surface area contributed by atoms with Gasteiger partial charge in [-0.05, 0) is 50.1 Å². The minimum atomic E-state index is -0.717. The zero-order chi connectivity index (χ0) is 16.4. The first-order chi connectivity index (χ1) is 10.3. The molecular weight excluding hydrogens is 424 g/mol. The van der Waals surface area contributed by atoms with Gasteiger partial charge in [-0.3, -0.25) is 14.9 Å². The molecule has 0 atom stereocenters. The lowest BCUT2D eigenvalue weighted by Crippen LogP contribution is -2.12. The van der Waals surface area contributed by atoms with Crippen LogP contribution in [0.2, 0.25) is 0 Å². The van der Waals surface area contributed by atoms with Crippen LogP contribution in [-0.2, 0) is 0 Å². The van der Waals surface area contributed by atoms with E-state index in [0.29, 0.717) is 14.6 Å². The summed E-state index contributed by atoms with van der Waals surface area (Å²) in [6.45, 7) is 0. The van der Waals surface area contributed by atoms with E-state index in [2.05, 4.69) is 37.2 Å². The van der Waals surface area contributed by atoms with Gasteiger partial charge in [0.1, 0.15) is 11.5 Å². The number of anilines is 1. The van der Waals surface area contributed by atoms with Gasteiger partial charge in [-0.2, -0.15) is 0 Å². The second-order valence-electron chi connectivity index (χ2n) is 4.20. The molecule has 0 saturated carbocycles. The van der Waals surface area contributed by atoms with Crippen molar-refractivity contribution in [1.29, 1.82) is 0 Å². The minimum absolute atomic E-state index is 0.0313. The molecule has 0 fully saturated rings. The summed E-state index contributed by atoms with van der Waals surface area (Å²) in [4.78, 5) is 22.2. The lowest BCUT2D eigenvalue weighted by atomic mass is 10.1. The van der Waals surface area contributed by atoms with Crippen LogP contribution in [0.1, 0.15) is 10.4 Å². The number of nitrogens with one attached hydrogen (secondary N) is 1. The minimum Gasteiger partial charge on any atom is -0.507 e. The quantitative estimate of drug-likeness (QED) is 0.388. The molecule has 114 valence electrons. The molecule has 2 aromatic carbocycles. The third-order valence-corrected chi connectivity index (χ3v) is 3.92. The number of phenols is 2. The molecule has 0 radical (unpaired) electrons. The highest BCUT2D eigenvalue weighted by Gasteiger charge is 2.17. The number of carbonyl (C=O) groups excluding carboxylic acids is 1. The Bertz CT molecular complexity index is 756. The van der Waals surface area contributed by atoms with Crippen molar-refractivity contribution < 1.29 is 19.9 Å². The number of carbonyl (C=O) groups is 1. The number of non-ortho nitro benzene ring substituents is 1. The van der Waals surface area contributed by atoms with Gasteiger partial charge in [0.05, 0.1) is 19.4 Å². The third kappa shape index (κ3) is 3.37. The van der Waals surface area contributed by atoms with E-state index < -0.39 is 10.8 Å². The van der Waals surface area contributed by atoms with Crippen molar-refractivity contribution >= 4 is 49.1 Å². The van der Waals surface area contributed by atoms with Crippen LogP contribution in [0.5, 0.6) is 11.5 Å². The highest BCUT2D eigenvalue weighted by atomic mass is 79.9. The highest BCUT2D eigenvalue weighted by Crippen LogP contribution is 2.35. The summed E-state index contributed by atoms with van der Waals surface area (Å²) in [6, 6.07) is 6.06. The zero-order valence-corrected chi connectivity index (χ0v) is 13.9. The second kappa shape index (κ2) is 6.32.